The topological polar surface area (TPSA) is 75.6 Å². The average molecular weight is 355 g/mol. The smallest absolute Gasteiger partial charge is 0.303 e. The second kappa shape index (κ2) is 9.61. The van der Waals surface area contributed by atoms with Crippen molar-refractivity contribution in [2.75, 3.05) is 0 Å². The zero-order valence-electron chi connectivity index (χ0n) is 15.1. The van der Waals surface area contributed by atoms with E-state index >= 15 is 0 Å². The maximum atomic E-state index is 12.5. The van der Waals surface area contributed by atoms with Gasteiger partial charge in [-0.15, -0.1) is 0 Å². The summed E-state index contributed by atoms with van der Waals surface area (Å²) in [5, 5.41) is 11.9. The van der Waals surface area contributed by atoms with Crippen LogP contribution in [-0.2, 0) is 16.0 Å². The maximum absolute atomic E-state index is 12.5. The van der Waals surface area contributed by atoms with Gasteiger partial charge in [-0.1, -0.05) is 42.5 Å². The molecule has 0 radical (unpaired) electrons. The number of carboxylic acids is 1. The van der Waals surface area contributed by atoms with Crippen molar-refractivity contribution in [2.45, 2.75) is 45.3 Å². The number of ether oxygens (including phenoxy) is 1. The normalized spacial score (nSPS) is 12.8. The summed E-state index contributed by atoms with van der Waals surface area (Å²) >= 11 is 0. The van der Waals surface area contributed by atoms with Crippen LogP contribution in [0.4, 0.5) is 0 Å². The fraction of sp³-hybridized carbons (Fsp3) is 0.333. The molecule has 5 heteroatoms. The van der Waals surface area contributed by atoms with Gasteiger partial charge in [-0.05, 0) is 49.9 Å². The van der Waals surface area contributed by atoms with E-state index < -0.39 is 12.1 Å². The lowest BCUT2D eigenvalue weighted by Crippen LogP contribution is -2.43. The van der Waals surface area contributed by atoms with Gasteiger partial charge in [-0.3, -0.25) is 9.59 Å². The number of carbonyl (C=O) groups is 2. The number of rotatable bonds is 9. The van der Waals surface area contributed by atoms with Crippen molar-refractivity contribution < 1.29 is 19.4 Å². The molecule has 1 amide bonds. The Morgan fingerprint density at radius 2 is 1.85 bits per heavy atom. The summed E-state index contributed by atoms with van der Waals surface area (Å²) in [6.45, 7) is 3.65. The number of hydrogen-bond acceptors (Lipinski definition) is 3. The van der Waals surface area contributed by atoms with Gasteiger partial charge >= 0.3 is 5.97 Å². The van der Waals surface area contributed by atoms with E-state index in [0.717, 1.165) is 11.1 Å². The van der Waals surface area contributed by atoms with Gasteiger partial charge in [0.05, 0.1) is 0 Å². The molecule has 0 saturated heterocycles. The van der Waals surface area contributed by atoms with Crippen molar-refractivity contribution in [2.24, 2.45) is 0 Å². The summed E-state index contributed by atoms with van der Waals surface area (Å²) in [6, 6.07) is 17.0. The Hall–Kier alpha value is -2.82. The van der Waals surface area contributed by atoms with Crippen molar-refractivity contribution in [3.63, 3.8) is 0 Å². The molecule has 5 nitrogen and oxygen atoms in total. The monoisotopic (exact) mass is 355 g/mol. The highest BCUT2D eigenvalue weighted by molar-refractivity contribution is 5.81. The Morgan fingerprint density at radius 3 is 2.50 bits per heavy atom. The zero-order valence-corrected chi connectivity index (χ0v) is 15.1. The van der Waals surface area contributed by atoms with Crippen LogP contribution >= 0.6 is 0 Å². The molecule has 0 saturated carbocycles. The van der Waals surface area contributed by atoms with E-state index in [1.54, 1.807) is 6.92 Å². The Bertz CT molecular complexity index is 730. The van der Waals surface area contributed by atoms with Gasteiger partial charge in [0.1, 0.15) is 5.75 Å². The second-order valence-corrected chi connectivity index (χ2v) is 6.40. The lowest BCUT2D eigenvalue weighted by atomic mass is 10.0. The van der Waals surface area contributed by atoms with Crippen LogP contribution in [0.5, 0.6) is 5.75 Å². The highest BCUT2D eigenvalue weighted by atomic mass is 16.5. The number of amides is 1. The van der Waals surface area contributed by atoms with Crippen LogP contribution in [0.25, 0.3) is 0 Å². The molecule has 2 N–H and O–H groups in total. The predicted octanol–water partition coefficient (Wildman–Crippen LogP) is 3.35. The van der Waals surface area contributed by atoms with Crippen LogP contribution in [0.2, 0.25) is 0 Å². The first-order valence-corrected chi connectivity index (χ1v) is 8.73. The summed E-state index contributed by atoms with van der Waals surface area (Å²) in [7, 11) is 0. The van der Waals surface area contributed by atoms with Gasteiger partial charge in [-0.2, -0.15) is 0 Å². The maximum Gasteiger partial charge on any atom is 0.303 e. The molecule has 0 spiro atoms. The molecule has 0 aliphatic carbocycles. The summed E-state index contributed by atoms with van der Waals surface area (Å²) < 4.78 is 5.71. The molecule has 2 atom stereocenters. The van der Waals surface area contributed by atoms with Crippen molar-refractivity contribution in [3.8, 4) is 5.75 Å². The average Bonchev–Trinajstić information content (AvgIpc) is 2.60. The third kappa shape index (κ3) is 6.59. The predicted molar refractivity (Wildman–Crippen MR) is 100 cm³/mol. The summed E-state index contributed by atoms with van der Waals surface area (Å²) in [4.78, 5) is 23.4. The Balaban J connectivity index is 1.98. The number of aryl methyl sites for hydroxylation is 1. The first kappa shape index (κ1) is 19.5. The molecule has 0 bridgehead atoms. The number of carboxylic acid groups (broad SMARTS) is 1. The summed E-state index contributed by atoms with van der Waals surface area (Å²) in [5.41, 5.74) is 2.11. The number of benzene rings is 2. The van der Waals surface area contributed by atoms with Gasteiger partial charge < -0.3 is 15.2 Å². The summed E-state index contributed by atoms with van der Waals surface area (Å²) in [6.07, 6.45) is 0.287. The lowest BCUT2D eigenvalue weighted by Gasteiger charge is -2.21. The van der Waals surface area contributed by atoms with E-state index in [4.69, 9.17) is 9.84 Å². The third-order valence-electron chi connectivity index (χ3n) is 4.05. The van der Waals surface area contributed by atoms with E-state index in [2.05, 4.69) is 5.32 Å². The standard InChI is InChI=1S/C21H25NO4/c1-15-7-6-10-19(13-15)26-16(2)21(25)22-18(11-12-20(23)24)14-17-8-4-3-5-9-17/h3-10,13,16,18H,11-12,14H2,1-2H3,(H,22,25)(H,23,24). The zero-order chi connectivity index (χ0) is 18.9. The quantitative estimate of drug-likeness (QED) is 0.723. The molecule has 2 aromatic carbocycles. The minimum Gasteiger partial charge on any atom is -0.481 e. The Kier molecular flexibility index (Phi) is 7.21. The third-order valence-corrected chi connectivity index (χ3v) is 4.05. The molecule has 138 valence electrons. The van der Waals surface area contributed by atoms with Crippen molar-refractivity contribution in [3.05, 3.63) is 65.7 Å². The van der Waals surface area contributed by atoms with Gasteiger partial charge in [0.25, 0.3) is 5.91 Å². The Morgan fingerprint density at radius 1 is 1.12 bits per heavy atom. The second-order valence-electron chi connectivity index (χ2n) is 6.40. The number of carbonyl (C=O) groups excluding carboxylic acids is 1. The number of aliphatic carboxylic acids is 1. The fourth-order valence-corrected chi connectivity index (χ4v) is 2.69. The van der Waals surface area contributed by atoms with Crippen LogP contribution in [0, 0.1) is 6.92 Å². The van der Waals surface area contributed by atoms with E-state index in [-0.39, 0.29) is 18.4 Å². The first-order chi connectivity index (χ1) is 12.4. The van der Waals surface area contributed by atoms with Crippen LogP contribution < -0.4 is 10.1 Å². The van der Waals surface area contributed by atoms with E-state index in [0.29, 0.717) is 18.6 Å². The fourth-order valence-electron chi connectivity index (χ4n) is 2.69. The van der Waals surface area contributed by atoms with Crippen molar-refractivity contribution in [1.82, 2.24) is 5.32 Å². The van der Waals surface area contributed by atoms with Crippen LogP contribution in [0.3, 0.4) is 0 Å². The SMILES string of the molecule is Cc1cccc(OC(C)C(=O)NC(CCC(=O)O)Cc2ccccc2)c1. The molecule has 0 fully saturated rings. The van der Waals surface area contributed by atoms with Crippen molar-refractivity contribution >= 4 is 11.9 Å². The van der Waals surface area contributed by atoms with E-state index in [1.807, 2.05) is 61.5 Å². The molecular formula is C21H25NO4. The van der Waals surface area contributed by atoms with Gasteiger partial charge in [0, 0.05) is 12.5 Å². The van der Waals surface area contributed by atoms with Crippen LogP contribution in [-0.4, -0.2) is 29.1 Å². The van der Waals surface area contributed by atoms with Crippen LogP contribution in [0.1, 0.15) is 30.9 Å². The van der Waals surface area contributed by atoms with E-state index in [1.165, 1.54) is 0 Å². The van der Waals surface area contributed by atoms with Gasteiger partial charge in [-0.25, -0.2) is 0 Å². The van der Waals surface area contributed by atoms with E-state index in [9.17, 15) is 9.59 Å². The summed E-state index contributed by atoms with van der Waals surface area (Å²) in [5.74, 6) is -0.489. The minimum absolute atomic E-state index is 0.00486. The molecule has 0 aliphatic rings. The molecular weight excluding hydrogens is 330 g/mol. The molecule has 0 heterocycles. The first-order valence-electron chi connectivity index (χ1n) is 8.73. The minimum atomic E-state index is -0.874. The van der Waals surface area contributed by atoms with Gasteiger partial charge in [0.15, 0.2) is 6.10 Å². The molecule has 2 unspecified atom stereocenters. The van der Waals surface area contributed by atoms with Crippen LogP contribution in [0.15, 0.2) is 54.6 Å². The number of hydrogen-bond donors (Lipinski definition) is 2. The van der Waals surface area contributed by atoms with Gasteiger partial charge in [0.2, 0.25) is 0 Å². The molecule has 0 aliphatic heterocycles. The molecule has 2 rings (SSSR count). The molecule has 2 aromatic rings. The highest BCUT2D eigenvalue weighted by Gasteiger charge is 2.20. The Labute approximate surface area is 154 Å². The largest absolute Gasteiger partial charge is 0.481 e. The van der Waals surface area contributed by atoms with Crippen molar-refractivity contribution in [1.29, 1.82) is 0 Å². The molecule has 26 heavy (non-hydrogen) atoms. The highest BCUT2D eigenvalue weighted by Crippen LogP contribution is 2.15. The lowest BCUT2D eigenvalue weighted by molar-refractivity contribution is -0.137. The molecule has 0 aromatic heterocycles. The number of nitrogens with one attached hydrogen (secondary N) is 1.